The Labute approximate surface area is 202 Å². The van der Waals surface area contributed by atoms with Gasteiger partial charge in [0.15, 0.2) is 5.76 Å². The van der Waals surface area contributed by atoms with Crippen LogP contribution in [0.4, 0.5) is 5.69 Å². The second-order valence-electron chi connectivity index (χ2n) is 8.10. The number of carbonyl (C=O) groups excluding carboxylic acids is 2. The SMILES string of the molecule is Cc1ccc(NC(=O)c2oc3c(c2C)/C(=N/NC(=O)c2ccc(Cl)cc2Cl)CCC3)c(C)c1. The van der Waals surface area contributed by atoms with Crippen LogP contribution in [-0.2, 0) is 6.42 Å². The molecule has 1 heterocycles. The molecule has 0 radical (unpaired) electrons. The van der Waals surface area contributed by atoms with Crippen LogP contribution in [0.5, 0.6) is 0 Å². The molecule has 3 aromatic rings. The summed E-state index contributed by atoms with van der Waals surface area (Å²) < 4.78 is 5.95. The number of nitrogens with one attached hydrogen (secondary N) is 2. The molecular formula is C25H23Cl2N3O3. The summed E-state index contributed by atoms with van der Waals surface area (Å²) in [6, 6.07) is 10.5. The monoisotopic (exact) mass is 483 g/mol. The third-order valence-corrected chi connectivity index (χ3v) is 6.18. The lowest BCUT2D eigenvalue weighted by molar-refractivity contribution is 0.0953. The Hall–Kier alpha value is -3.09. The van der Waals surface area contributed by atoms with E-state index >= 15 is 0 Å². The Kier molecular flexibility index (Phi) is 6.58. The summed E-state index contributed by atoms with van der Waals surface area (Å²) in [5.41, 5.74) is 7.82. The maximum atomic E-state index is 13.0. The molecule has 33 heavy (non-hydrogen) atoms. The van der Waals surface area contributed by atoms with Crippen molar-refractivity contribution >= 4 is 46.4 Å². The zero-order chi connectivity index (χ0) is 23.7. The van der Waals surface area contributed by atoms with E-state index in [0.717, 1.165) is 28.8 Å². The normalized spacial score (nSPS) is 14.2. The highest BCUT2D eigenvalue weighted by Gasteiger charge is 2.28. The Bertz CT molecular complexity index is 1290. The van der Waals surface area contributed by atoms with Gasteiger partial charge < -0.3 is 9.73 Å². The fraction of sp³-hybridized carbons (Fsp3) is 0.240. The van der Waals surface area contributed by atoms with E-state index in [4.69, 9.17) is 27.6 Å². The largest absolute Gasteiger partial charge is 0.455 e. The lowest BCUT2D eigenvalue weighted by atomic mass is 9.93. The third-order valence-electron chi connectivity index (χ3n) is 5.63. The van der Waals surface area contributed by atoms with E-state index in [-0.39, 0.29) is 22.3 Å². The van der Waals surface area contributed by atoms with Crippen molar-refractivity contribution in [2.45, 2.75) is 40.0 Å². The summed E-state index contributed by atoms with van der Waals surface area (Å²) in [5.74, 6) is 0.194. The van der Waals surface area contributed by atoms with Crippen LogP contribution in [0.25, 0.3) is 0 Å². The van der Waals surface area contributed by atoms with Crippen LogP contribution in [0.1, 0.15) is 61.8 Å². The highest BCUT2D eigenvalue weighted by atomic mass is 35.5. The van der Waals surface area contributed by atoms with Crippen LogP contribution in [0.2, 0.25) is 10.0 Å². The smallest absolute Gasteiger partial charge is 0.291 e. The Balaban J connectivity index is 1.58. The molecule has 0 fully saturated rings. The highest BCUT2D eigenvalue weighted by Crippen LogP contribution is 2.31. The number of hydrogen-bond donors (Lipinski definition) is 2. The van der Waals surface area contributed by atoms with Crippen molar-refractivity contribution in [2.24, 2.45) is 5.10 Å². The minimum absolute atomic E-state index is 0.245. The molecule has 2 amide bonds. The van der Waals surface area contributed by atoms with Gasteiger partial charge in [-0.2, -0.15) is 5.10 Å². The van der Waals surface area contributed by atoms with E-state index < -0.39 is 5.91 Å². The van der Waals surface area contributed by atoms with Gasteiger partial charge in [0.1, 0.15) is 5.76 Å². The Morgan fingerprint density at radius 1 is 1.00 bits per heavy atom. The quantitative estimate of drug-likeness (QED) is 0.431. The number of amides is 2. The fourth-order valence-electron chi connectivity index (χ4n) is 3.98. The number of hydrazone groups is 1. The maximum absolute atomic E-state index is 13.0. The van der Waals surface area contributed by atoms with Crippen LogP contribution in [0.3, 0.4) is 0 Å². The summed E-state index contributed by atoms with van der Waals surface area (Å²) in [7, 11) is 0. The highest BCUT2D eigenvalue weighted by molar-refractivity contribution is 6.36. The molecule has 1 aliphatic carbocycles. The average molecular weight is 484 g/mol. The molecule has 0 bridgehead atoms. The lowest BCUT2D eigenvalue weighted by Gasteiger charge is -2.13. The standard InChI is InChI=1S/C25H23Cl2N3O3/c1-13-7-10-19(14(2)11-13)28-25(32)23-15(3)22-20(5-4-6-21(22)33-23)29-30-24(31)17-9-8-16(26)12-18(17)27/h7-12H,4-6H2,1-3H3,(H,28,32)(H,30,31)/b29-20+. The first-order valence-electron chi connectivity index (χ1n) is 10.6. The molecule has 4 rings (SSSR count). The molecule has 2 aromatic carbocycles. The molecule has 0 saturated carbocycles. The number of hydrogen-bond acceptors (Lipinski definition) is 4. The van der Waals surface area contributed by atoms with Crippen molar-refractivity contribution in [3.8, 4) is 0 Å². The number of aryl methyl sites for hydroxylation is 3. The summed E-state index contributed by atoms with van der Waals surface area (Å²) in [6.07, 6.45) is 2.15. The molecule has 0 saturated heterocycles. The Morgan fingerprint density at radius 2 is 1.79 bits per heavy atom. The van der Waals surface area contributed by atoms with Crippen molar-refractivity contribution in [3.63, 3.8) is 0 Å². The van der Waals surface area contributed by atoms with Crippen molar-refractivity contribution in [3.05, 3.63) is 85.8 Å². The van der Waals surface area contributed by atoms with Crippen LogP contribution < -0.4 is 10.7 Å². The topological polar surface area (TPSA) is 83.7 Å². The van der Waals surface area contributed by atoms with E-state index in [9.17, 15) is 9.59 Å². The van der Waals surface area contributed by atoms with Gasteiger partial charge in [0.05, 0.1) is 16.3 Å². The van der Waals surface area contributed by atoms with Gasteiger partial charge in [-0.1, -0.05) is 40.9 Å². The molecule has 1 aromatic heterocycles. The first-order valence-corrected chi connectivity index (χ1v) is 11.3. The molecule has 0 aliphatic heterocycles. The number of fused-ring (bicyclic) bond motifs is 1. The number of carbonyl (C=O) groups is 2. The molecule has 0 spiro atoms. The van der Waals surface area contributed by atoms with Crippen LogP contribution >= 0.6 is 23.2 Å². The van der Waals surface area contributed by atoms with E-state index in [2.05, 4.69) is 15.8 Å². The second kappa shape index (κ2) is 9.41. The van der Waals surface area contributed by atoms with Crippen molar-refractivity contribution in [1.82, 2.24) is 5.43 Å². The number of benzene rings is 2. The van der Waals surface area contributed by atoms with Crippen molar-refractivity contribution in [2.75, 3.05) is 5.32 Å². The van der Waals surface area contributed by atoms with E-state index in [1.165, 1.54) is 6.07 Å². The number of rotatable bonds is 4. The summed E-state index contributed by atoms with van der Waals surface area (Å²) in [4.78, 5) is 25.5. The predicted octanol–water partition coefficient (Wildman–Crippen LogP) is 6.23. The van der Waals surface area contributed by atoms with Gasteiger partial charge in [-0.05, 0) is 63.4 Å². The molecule has 1 aliphatic rings. The summed E-state index contributed by atoms with van der Waals surface area (Å²) in [6.45, 7) is 5.78. The van der Waals surface area contributed by atoms with Gasteiger partial charge in [-0.3, -0.25) is 9.59 Å². The van der Waals surface area contributed by atoms with Gasteiger partial charge in [0, 0.05) is 28.3 Å². The van der Waals surface area contributed by atoms with Crippen LogP contribution in [0, 0.1) is 20.8 Å². The van der Waals surface area contributed by atoms with Crippen molar-refractivity contribution < 1.29 is 14.0 Å². The molecule has 2 N–H and O–H groups in total. The van der Waals surface area contributed by atoms with Gasteiger partial charge in [-0.15, -0.1) is 0 Å². The molecule has 6 nitrogen and oxygen atoms in total. The summed E-state index contributed by atoms with van der Waals surface area (Å²) >= 11 is 12.0. The fourth-order valence-corrected chi connectivity index (χ4v) is 4.48. The van der Waals surface area contributed by atoms with E-state index in [1.54, 1.807) is 12.1 Å². The molecular weight excluding hydrogens is 461 g/mol. The van der Waals surface area contributed by atoms with Gasteiger partial charge in [-0.25, -0.2) is 5.43 Å². The molecule has 0 atom stereocenters. The summed E-state index contributed by atoms with van der Waals surface area (Å²) in [5, 5.41) is 7.96. The first kappa shape index (κ1) is 23.1. The average Bonchev–Trinajstić information content (AvgIpc) is 3.11. The minimum Gasteiger partial charge on any atom is -0.455 e. The number of nitrogens with zero attached hydrogens (tertiary/aromatic N) is 1. The zero-order valence-electron chi connectivity index (χ0n) is 18.5. The van der Waals surface area contributed by atoms with E-state index in [1.807, 2.05) is 39.0 Å². The van der Waals surface area contributed by atoms with Crippen LogP contribution in [-0.4, -0.2) is 17.5 Å². The van der Waals surface area contributed by atoms with Crippen molar-refractivity contribution in [1.29, 1.82) is 0 Å². The number of anilines is 1. The van der Waals surface area contributed by atoms with Gasteiger partial charge >= 0.3 is 0 Å². The predicted molar refractivity (Wildman–Crippen MR) is 131 cm³/mol. The van der Waals surface area contributed by atoms with E-state index in [0.29, 0.717) is 34.9 Å². The minimum atomic E-state index is -0.440. The molecule has 8 heteroatoms. The lowest BCUT2D eigenvalue weighted by Crippen LogP contribution is -2.22. The molecule has 0 unspecified atom stereocenters. The first-order chi connectivity index (χ1) is 15.7. The van der Waals surface area contributed by atoms with Gasteiger partial charge in [0.25, 0.3) is 11.8 Å². The second-order valence-corrected chi connectivity index (χ2v) is 8.95. The zero-order valence-corrected chi connectivity index (χ0v) is 20.0. The number of furan rings is 1. The maximum Gasteiger partial charge on any atom is 0.291 e. The van der Waals surface area contributed by atoms with Crippen LogP contribution in [0.15, 0.2) is 45.9 Å². The third kappa shape index (κ3) is 4.82. The number of halogens is 2. The Morgan fingerprint density at radius 3 is 2.52 bits per heavy atom. The molecule has 170 valence electrons. The van der Waals surface area contributed by atoms with Gasteiger partial charge in [0.2, 0.25) is 0 Å².